The third-order valence-corrected chi connectivity index (χ3v) is 1.88. The van der Waals surface area contributed by atoms with Gasteiger partial charge in [0.1, 0.15) is 0 Å². The number of hydrogen-bond donors (Lipinski definition) is 0. The molecule has 0 N–H and O–H groups in total. The molecule has 0 atom stereocenters. The van der Waals surface area contributed by atoms with Crippen molar-refractivity contribution < 1.29 is 26.7 Å². The fourth-order valence-corrected chi connectivity index (χ4v) is 1.16. The smallest absolute Gasteiger partial charge is 0.200 e. The number of allylic oxidation sites excluding steroid dienone is 2. The molecule has 0 spiro atoms. The molecule has 0 unspecified atom stereocenters. The van der Waals surface area contributed by atoms with Crippen molar-refractivity contribution in [2.75, 3.05) is 0 Å². The monoisotopic (exact) mass is 250 g/mol. The Labute approximate surface area is 93.6 Å². The van der Waals surface area contributed by atoms with E-state index in [0.29, 0.717) is 5.57 Å². The van der Waals surface area contributed by atoms with Gasteiger partial charge >= 0.3 is 0 Å². The van der Waals surface area contributed by atoms with Crippen molar-refractivity contribution in [2.24, 2.45) is 0 Å². The van der Waals surface area contributed by atoms with Crippen LogP contribution in [0.3, 0.4) is 0 Å². The van der Waals surface area contributed by atoms with Crippen LogP contribution in [0, 0.1) is 29.1 Å². The van der Waals surface area contributed by atoms with Crippen LogP contribution in [0.25, 0.3) is 0 Å². The normalized spacial score (nSPS) is 10.3. The highest BCUT2D eigenvalue weighted by Crippen LogP contribution is 2.23. The van der Waals surface area contributed by atoms with Crippen LogP contribution in [-0.2, 0) is 0 Å². The predicted octanol–water partition coefficient (Wildman–Crippen LogP) is 3.53. The lowest BCUT2D eigenvalue weighted by atomic mass is 10.1. The maximum absolute atomic E-state index is 13.1. The van der Waals surface area contributed by atoms with Gasteiger partial charge in [-0.25, -0.2) is 22.0 Å². The number of halogens is 5. The number of hydrogen-bond acceptors (Lipinski definition) is 1. The Kier molecular flexibility index (Phi) is 3.65. The lowest BCUT2D eigenvalue weighted by Crippen LogP contribution is -2.11. The third-order valence-electron chi connectivity index (χ3n) is 1.88. The van der Waals surface area contributed by atoms with E-state index in [1.54, 1.807) is 0 Å². The van der Waals surface area contributed by atoms with E-state index in [9.17, 15) is 26.7 Å². The highest BCUT2D eigenvalue weighted by atomic mass is 19.2. The number of rotatable bonds is 2. The number of benzene rings is 1. The molecule has 0 amide bonds. The Morgan fingerprint density at radius 1 is 0.824 bits per heavy atom. The lowest BCUT2D eigenvalue weighted by molar-refractivity contribution is 0.103. The Balaban J connectivity index is 3.55. The van der Waals surface area contributed by atoms with Gasteiger partial charge < -0.3 is 0 Å². The largest absolute Gasteiger partial charge is 0.289 e. The zero-order valence-corrected chi connectivity index (χ0v) is 8.88. The van der Waals surface area contributed by atoms with Crippen molar-refractivity contribution in [3.05, 3.63) is 46.3 Å². The van der Waals surface area contributed by atoms with Gasteiger partial charge in [0, 0.05) is 0 Å². The Hall–Kier alpha value is -1.72. The summed E-state index contributed by atoms with van der Waals surface area (Å²) in [4.78, 5) is 11.3. The molecule has 6 heteroatoms. The van der Waals surface area contributed by atoms with Crippen molar-refractivity contribution >= 4 is 5.78 Å². The average Bonchev–Trinajstić information content (AvgIpc) is 2.23. The topological polar surface area (TPSA) is 17.1 Å². The van der Waals surface area contributed by atoms with Gasteiger partial charge in [-0.05, 0) is 19.9 Å². The maximum Gasteiger partial charge on any atom is 0.200 e. The van der Waals surface area contributed by atoms with Crippen molar-refractivity contribution in [1.29, 1.82) is 0 Å². The van der Waals surface area contributed by atoms with Crippen LogP contribution in [0.5, 0.6) is 0 Å². The van der Waals surface area contributed by atoms with Gasteiger partial charge in [-0.3, -0.25) is 4.79 Å². The first-order chi connectivity index (χ1) is 7.77. The average molecular weight is 250 g/mol. The van der Waals surface area contributed by atoms with Crippen molar-refractivity contribution in [2.45, 2.75) is 13.8 Å². The van der Waals surface area contributed by atoms with Gasteiger partial charge in [0.25, 0.3) is 0 Å². The zero-order chi connectivity index (χ0) is 13.3. The maximum atomic E-state index is 13.1. The molecule has 1 aromatic rings. The van der Waals surface area contributed by atoms with Crippen molar-refractivity contribution in [3.8, 4) is 0 Å². The molecule has 17 heavy (non-hydrogen) atoms. The minimum Gasteiger partial charge on any atom is -0.289 e. The summed E-state index contributed by atoms with van der Waals surface area (Å²) in [5, 5.41) is 0. The van der Waals surface area contributed by atoms with Crippen LogP contribution in [0.1, 0.15) is 24.2 Å². The van der Waals surface area contributed by atoms with Gasteiger partial charge in [0.05, 0.1) is 5.56 Å². The van der Waals surface area contributed by atoms with E-state index in [0.717, 1.165) is 6.08 Å². The lowest BCUT2D eigenvalue weighted by Gasteiger charge is -2.05. The van der Waals surface area contributed by atoms with Crippen LogP contribution >= 0.6 is 0 Å². The number of carbonyl (C=O) groups excluding carboxylic acids is 1. The number of carbonyl (C=O) groups is 1. The summed E-state index contributed by atoms with van der Waals surface area (Å²) in [6.07, 6.45) is 0.790. The molecule has 0 heterocycles. The zero-order valence-electron chi connectivity index (χ0n) is 8.88. The molecule has 0 aliphatic rings. The second-order valence-electron chi connectivity index (χ2n) is 3.53. The summed E-state index contributed by atoms with van der Waals surface area (Å²) in [6, 6.07) is 0. The van der Waals surface area contributed by atoms with Gasteiger partial charge in [0.15, 0.2) is 29.1 Å². The van der Waals surface area contributed by atoms with Crippen LogP contribution in [0.4, 0.5) is 22.0 Å². The van der Waals surface area contributed by atoms with Crippen molar-refractivity contribution in [3.63, 3.8) is 0 Å². The summed E-state index contributed by atoms with van der Waals surface area (Å²) in [5.41, 5.74) is -1.07. The van der Waals surface area contributed by atoms with Crippen LogP contribution in [-0.4, -0.2) is 5.78 Å². The van der Waals surface area contributed by atoms with Gasteiger partial charge in [-0.1, -0.05) is 5.57 Å². The van der Waals surface area contributed by atoms with E-state index in [4.69, 9.17) is 0 Å². The molecule has 0 bridgehead atoms. The van der Waals surface area contributed by atoms with E-state index in [-0.39, 0.29) is 0 Å². The first-order valence-electron chi connectivity index (χ1n) is 4.48. The van der Waals surface area contributed by atoms with E-state index in [2.05, 4.69) is 0 Å². The molecular weight excluding hydrogens is 243 g/mol. The van der Waals surface area contributed by atoms with Gasteiger partial charge in [0.2, 0.25) is 5.82 Å². The highest BCUT2D eigenvalue weighted by molar-refractivity contribution is 6.05. The molecule has 92 valence electrons. The van der Waals surface area contributed by atoms with E-state index in [1.807, 2.05) is 0 Å². The third kappa shape index (κ3) is 2.35. The highest BCUT2D eigenvalue weighted by Gasteiger charge is 2.28. The summed E-state index contributed by atoms with van der Waals surface area (Å²) < 4.78 is 64.5. The van der Waals surface area contributed by atoms with Crippen molar-refractivity contribution in [1.82, 2.24) is 0 Å². The van der Waals surface area contributed by atoms with Crippen LogP contribution in [0.15, 0.2) is 11.6 Å². The summed E-state index contributed by atoms with van der Waals surface area (Å²) in [7, 11) is 0. The summed E-state index contributed by atoms with van der Waals surface area (Å²) >= 11 is 0. The quantitative estimate of drug-likeness (QED) is 0.258. The molecule has 0 saturated carbocycles. The Bertz CT molecular complexity index is 486. The first kappa shape index (κ1) is 13.3. The molecule has 0 fully saturated rings. The SMILES string of the molecule is CC(C)=CC(=O)c1c(F)c(F)c(F)c(F)c1F. The molecule has 0 radical (unpaired) electrons. The molecule has 0 aromatic heterocycles. The fourth-order valence-electron chi connectivity index (χ4n) is 1.16. The van der Waals surface area contributed by atoms with E-state index in [1.165, 1.54) is 13.8 Å². The molecule has 1 aromatic carbocycles. The van der Waals surface area contributed by atoms with Crippen LogP contribution < -0.4 is 0 Å². The Morgan fingerprint density at radius 3 is 1.53 bits per heavy atom. The standard InChI is InChI=1S/C11H7F5O/c1-4(2)3-5(17)6-7(12)9(14)11(16)10(15)8(6)13/h3H,1-2H3. The summed E-state index contributed by atoms with van der Waals surface area (Å²) in [5.74, 6) is -12.1. The molecular formula is C11H7F5O. The van der Waals surface area contributed by atoms with Gasteiger partial charge in [-0.15, -0.1) is 0 Å². The molecule has 0 aliphatic carbocycles. The van der Waals surface area contributed by atoms with Gasteiger partial charge in [-0.2, -0.15) is 0 Å². The molecule has 1 nitrogen and oxygen atoms in total. The van der Waals surface area contributed by atoms with Crippen LogP contribution in [0.2, 0.25) is 0 Å². The molecule has 0 aliphatic heterocycles. The minimum atomic E-state index is -2.28. The molecule has 1 rings (SSSR count). The second-order valence-corrected chi connectivity index (χ2v) is 3.53. The Morgan fingerprint density at radius 2 is 1.18 bits per heavy atom. The van der Waals surface area contributed by atoms with E-state index >= 15 is 0 Å². The summed E-state index contributed by atoms with van der Waals surface area (Å²) in [6.45, 7) is 2.90. The minimum absolute atomic E-state index is 0.374. The first-order valence-corrected chi connectivity index (χ1v) is 4.48. The predicted molar refractivity (Wildman–Crippen MR) is 50.0 cm³/mol. The molecule has 0 saturated heterocycles. The second kappa shape index (κ2) is 4.65. The fraction of sp³-hybridized carbons (Fsp3) is 0.182. The number of ketones is 1. The van der Waals surface area contributed by atoms with E-state index < -0.39 is 40.4 Å².